The summed E-state index contributed by atoms with van der Waals surface area (Å²) in [5, 5.41) is 25.1. The minimum atomic E-state index is -1.25. The standard InChI is InChI=1S/C17H14N4O5S/c22-12(23)6-20-16(25)13-15(24)8-2-1-3-9-14(8)21(17(13)26)10(4-19-9)11-5-18-7-27-11/h1-3,5,7,10,19,24H,4,6H2,(H,20,25)(H,22,23). The molecule has 10 heteroatoms. The Bertz CT molecular complexity index is 1120. The van der Waals surface area contributed by atoms with E-state index in [2.05, 4.69) is 15.6 Å². The highest BCUT2D eigenvalue weighted by Gasteiger charge is 2.30. The fourth-order valence-corrected chi connectivity index (χ4v) is 3.97. The van der Waals surface area contributed by atoms with Crippen LogP contribution in [0.3, 0.4) is 0 Å². The van der Waals surface area contributed by atoms with Gasteiger partial charge in [0.05, 0.1) is 22.8 Å². The number of aliphatic carboxylic acids is 1. The maximum atomic E-state index is 13.2. The average Bonchev–Trinajstić information content (AvgIpc) is 3.18. The number of pyridine rings is 1. The quantitative estimate of drug-likeness (QED) is 0.525. The molecule has 1 aliphatic rings. The van der Waals surface area contributed by atoms with Crippen LogP contribution in [0.1, 0.15) is 21.3 Å². The molecule has 3 aromatic rings. The summed E-state index contributed by atoms with van der Waals surface area (Å²) in [5.74, 6) is -2.65. The number of hydrogen-bond donors (Lipinski definition) is 4. The number of carbonyl (C=O) groups is 2. The van der Waals surface area contributed by atoms with Gasteiger partial charge in [0.25, 0.3) is 11.5 Å². The zero-order chi connectivity index (χ0) is 19.1. The lowest BCUT2D eigenvalue weighted by Gasteiger charge is -2.29. The van der Waals surface area contributed by atoms with Crippen LogP contribution < -0.4 is 16.2 Å². The van der Waals surface area contributed by atoms with Gasteiger partial charge in [-0.25, -0.2) is 0 Å². The number of nitrogens with one attached hydrogen (secondary N) is 2. The summed E-state index contributed by atoms with van der Waals surface area (Å²) in [5.41, 5.74) is 1.64. The zero-order valence-corrected chi connectivity index (χ0v) is 14.6. The molecule has 0 saturated carbocycles. The van der Waals surface area contributed by atoms with Crippen LogP contribution in [0.2, 0.25) is 0 Å². The minimum Gasteiger partial charge on any atom is -0.506 e. The molecule has 1 aromatic carbocycles. The molecule has 0 spiro atoms. The maximum absolute atomic E-state index is 13.2. The number of rotatable bonds is 4. The largest absolute Gasteiger partial charge is 0.506 e. The molecule has 3 heterocycles. The van der Waals surface area contributed by atoms with Gasteiger partial charge in [-0.1, -0.05) is 6.07 Å². The Morgan fingerprint density at radius 1 is 1.41 bits per heavy atom. The van der Waals surface area contributed by atoms with Gasteiger partial charge in [-0.2, -0.15) is 0 Å². The number of amides is 1. The number of para-hydroxylation sites is 1. The van der Waals surface area contributed by atoms with Crippen LogP contribution in [0, 0.1) is 0 Å². The highest BCUT2D eigenvalue weighted by Crippen LogP contribution is 2.37. The summed E-state index contributed by atoms with van der Waals surface area (Å²) in [6.07, 6.45) is 1.65. The van der Waals surface area contributed by atoms with Crippen molar-refractivity contribution < 1.29 is 19.8 Å². The third kappa shape index (κ3) is 2.70. The third-order valence-corrected chi connectivity index (χ3v) is 5.28. The molecule has 1 atom stereocenters. The lowest BCUT2D eigenvalue weighted by molar-refractivity contribution is -0.135. The highest BCUT2D eigenvalue weighted by molar-refractivity contribution is 7.09. The van der Waals surface area contributed by atoms with Crippen molar-refractivity contribution in [1.29, 1.82) is 0 Å². The SMILES string of the molecule is O=C(O)CNC(=O)c1c(O)c2cccc3c2n(c1=O)C(c1cncs1)CN3. The van der Waals surface area contributed by atoms with E-state index < -0.39 is 41.3 Å². The molecule has 0 bridgehead atoms. The summed E-state index contributed by atoms with van der Waals surface area (Å²) in [4.78, 5) is 41.2. The molecule has 0 fully saturated rings. The van der Waals surface area contributed by atoms with Gasteiger partial charge in [0.15, 0.2) is 0 Å². The first-order chi connectivity index (χ1) is 13.0. The van der Waals surface area contributed by atoms with Crippen LogP contribution in [0.4, 0.5) is 5.69 Å². The van der Waals surface area contributed by atoms with E-state index in [0.29, 0.717) is 23.1 Å². The molecule has 1 unspecified atom stereocenters. The molecular weight excluding hydrogens is 372 g/mol. The topological polar surface area (TPSA) is 134 Å². The second kappa shape index (κ2) is 6.40. The lowest BCUT2D eigenvalue weighted by atomic mass is 10.0. The van der Waals surface area contributed by atoms with Gasteiger partial charge in [-0.05, 0) is 12.1 Å². The number of carboxylic acids is 1. The number of hydrogen-bond acceptors (Lipinski definition) is 7. The molecule has 9 nitrogen and oxygen atoms in total. The fourth-order valence-electron chi connectivity index (χ4n) is 3.26. The van der Waals surface area contributed by atoms with Crippen LogP contribution in [-0.4, -0.2) is 44.7 Å². The van der Waals surface area contributed by atoms with Gasteiger partial charge < -0.3 is 20.8 Å². The third-order valence-electron chi connectivity index (χ3n) is 4.41. The van der Waals surface area contributed by atoms with E-state index in [1.807, 2.05) is 0 Å². The molecule has 2 aromatic heterocycles. The van der Waals surface area contributed by atoms with Crippen molar-refractivity contribution in [3.8, 4) is 5.75 Å². The number of benzene rings is 1. The summed E-state index contributed by atoms with van der Waals surface area (Å²) in [6, 6.07) is 4.68. The van der Waals surface area contributed by atoms with E-state index >= 15 is 0 Å². The predicted octanol–water partition coefficient (Wildman–Crippen LogP) is 0.993. The first kappa shape index (κ1) is 17.0. The van der Waals surface area contributed by atoms with E-state index in [0.717, 1.165) is 4.88 Å². The molecule has 4 N–H and O–H groups in total. The minimum absolute atomic E-state index is 0.328. The monoisotopic (exact) mass is 386 g/mol. The lowest BCUT2D eigenvalue weighted by Crippen LogP contribution is -2.39. The van der Waals surface area contributed by atoms with Crippen molar-refractivity contribution in [3.63, 3.8) is 0 Å². The van der Waals surface area contributed by atoms with Crippen molar-refractivity contribution in [2.24, 2.45) is 0 Å². The zero-order valence-electron chi connectivity index (χ0n) is 13.8. The van der Waals surface area contributed by atoms with Crippen molar-refractivity contribution in [2.45, 2.75) is 6.04 Å². The Hall–Kier alpha value is -3.40. The number of anilines is 1. The average molecular weight is 386 g/mol. The first-order valence-electron chi connectivity index (χ1n) is 8.01. The number of carboxylic acid groups (broad SMARTS) is 1. The predicted molar refractivity (Wildman–Crippen MR) is 98.6 cm³/mol. The molecule has 1 amide bonds. The first-order valence-corrected chi connectivity index (χ1v) is 8.89. The van der Waals surface area contributed by atoms with E-state index in [1.54, 1.807) is 29.9 Å². The summed E-state index contributed by atoms with van der Waals surface area (Å²) in [6.45, 7) is -0.245. The van der Waals surface area contributed by atoms with Crippen molar-refractivity contribution in [1.82, 2.24) is 14.9 Å². The van der Waals surface area contributed by atoms with Crippen LogP contribution in [-0.2, 0) is 4.79 Å². The van der Waals surface area contributed by atoms with Crippen molar-refractivity contribution in [3.05, 3.63) is 50.7 Å². The van der Waals surface area contributed by atoms with Crippen LogP contribution in [0.15, 0.2) is 34.7 Å². The van der Waals surface area contributed by atoms with Crippen LogP contribution >= 0.6 is 11.3 Å². The second-order valence-electron chi connectivity index (χ2n) is 5.98. The van der Waals surface area contributed by atoms with Crippen LogP contribution in [0.5, 0.6) is 5.75 Å². The molecule has 0 aliphatic carbocycles. The smallest absolute Gasteiger partial charge is 0.322 e. The Morgan fingerprint density at radius 2 is 2.22 bits per heavy atom. The highest BCUT2D eigenvalue weighted by atomic mass is 32.1. The van der Waals surface area contributed by atoms with E-state index in [4.69, 9.17) is 5.11 Å². The number of aromatic nitrogens is 2. The molecule has 27 heavy (non-hydrogen) atoms. The fraction of sp³-hybridized carbons (Fsp3) is 0.176. The molecule has 138 valence electrons. The number of carbonyl (C=O) groups excluding carboxylic acids is 1. The van der Waals surface area contributed by atoms with E-state index in [9.17, 15) is 19.5 Å². The number of aromatic hydroxyl groups is 1. The van der Waals surface area contributed by atoms with Gasteiger partial charge in [0, 0.05) is 23.0 Å². The van der Waals surface area contributed by atoms with Crippen molar-refractivity contribution in [2.75, 3.05) is 18.4 Å². The normalized spacial score (nSPS) is 15.3. The maximum Gasteiger partial charge on any atom is 0.322 e. The second-order valence-corrected chi connectivity index (χ2v) is 6.90. The van der Waals surface area contributed by atoms with E-state index in [1.165, 1.54) is 15.9 Å². The van der Waals surface area contributed by atoms with E-state index in [-0.39, 0.29) is 0 Å². The molecule has 1 aliphatic heterocycles. The summed E-state index contributed by atoms with van der Waals surface area (Å²) in [7, 11) is 0. The molecule has 4 rings (SSSR count). The number of thiazole rings is 1. The Labute approximate surface area is 155 Å². The summed E-state index contributed by atoms with van der Waals surface area (Å²) >= 11 is 1.38. The van der Waals surface area contributed by atoms with Gasteiger partial charge in [-0.15, -0.1) is 11.3 Å². The van der Waals surface area contributed by atoms with Gasteiger partial charge in [0.2, 0.25) is 0 Å². The Morgan fingerprint density at radius 3 is 2.93 bits per heavy atom. The molecule has 0 radical (unpaired) electrons. The van der Waals surface area contributed by atoms with Gasteiger partial charge >= 0.3 is 5.97 Å². The Kier molecular flexibility index (Phi) is 4.04. The Balaban J connectivity index is 1.99. The molecule has 0 saturated heterocycles. The van der Waals surface area contributed by atoms with Crippen LogP contribution in [0.25, 0.3) is 10.9 Å². The van der Waals surface area contributed by atoms with Crippen molar-refractivity contribution >= 4 is 39.8 Å². The number of nitrogens with zero attached hydrogens (tertiary/aromatic N) is 2. The van der Waals surface area contributed by atoms with Gasteiger partial charge in [-0.3, -0.25) is 23.9 Å². The summed E-state index contributed by atoms with van der Waals surface area (Å²) < 4.78 is 1.46. The molecular formula is C17H14N4O5S. The van der Waals surface area contributed by atoms with Gasteiger partial charge in [0.1, 0.15) is 17.9 Å².